The van der Waals surface area contributed by atoms with Gasteiger partial charge < -0.3 is 15.5 Å². The summed E-state index contributed by atoms with van der Waals surface area (Å²) >= 11 is 1.48. The molecule has 0 saturated carbocycles. The van der Waals surface area contributed by atoms with Crippen LogP contribution in [0, 0.1) is 6.92 Å². The van der Waals surface area contributed by atoms with E-state index in [1.165, 1.54) is 17.0 Å². The summed E-state index contributed by atoms with van der Waals surface area (Å²) in [4.78, 5) is 18.5. The molecule has 110 valence electrons. The van der Waals surface area contributed by atoms with Crippen LogP contribution in [-0.2, 0) is 0 Å². The molecule has 2 heterocycles. The number of aryl methyl sites for hydroxylation is 1. The van der Waals surface area contributed by atoms with E-state index in [1.807, 2.05) is 30.0 Å². The van der Waals surface area contributed by atoms with Crippen LogP contribution in [0.3, 0.4) is 0 Å². The van der Waals surface area contributed by atoms with Crippen molar-refractivity contribution < 1.29 is 4.79 Å². The molecule has 3 rings (SSSR count). The fraction of sp³-hybridized carbons (Fsp3) is 0.312. The maximum Gasteiger partial charge on any atom is 0.264 e. The minimum atomic E-state index is 0.104. The zero-order valence-electron chi connectivity index (χ0n) is 12.1. The van der Waals surface area contributed by atoms with Crippen molar-refractivity contribution in [2.45, 2.75) is 6.92 Å². The van der Waals surface area contributed by atoms with E-state index in [0.29, 0.717) is 5.69 Å². The summed E-state index contributed by atoms with van der Waals surface area (Å²) in [6.45, 7) is 5.20. The van der Waals surface area contributed by atoms with Crippen LogP contribution in [0.1, 0.15) is 14.5 Å². The standard InChI is InChI=1S/C16H19N3OS/c1-12-14(17)11-15(21-12)16(20)19-9-7-18(8-10-19)13-5-3-2-4-6-13/h2-6,11H,7-10,17H2,1H3. The molecular formula is C16H19N3OS. The molecule has 2 aromatic rings. The highest BCUT2D eigenvalue weighted by Gasteiger charge is 2.23. The number of piperazine rings is 1. The number of nitrogens with two attached hydrogens (primary N) is 1. The molecule has 1 amide bonds. The van der Waals surface area contributed by atoms with E-state index >= 15 is 0 Å². The van der Waals surface area contributed by atoms with E-state index in [4.69, 9.17) is 5.73 Å². The van der Waals surface area contributed by atoms with E-state index < -0.39 is 0 Å². The minimum absolute atomic E-state index is 0.104. The third kappa shape index (κ3) is 2.88. The Labute approximate surface area is 128 Å². The summed E-state index contributed by atoms with van der Waals surface area (Å²) in [5.74, 6) is 0.104. The van der Waals surface area contributed by atoms with Crippen LogP contribution < -0.4 is 10.6 Å². The lowest BCUT2D eigenvalue weighted by atomic mass is 10.2. The van der Waals surface area contributed by atoms with Gasteiger partial charge in [0, 0.05) is 42.4 Å². The van der Waals surface area contributed by atoms with Crippen molar-refractivity contribution in [3.63, 3.8) is 0 Å². The Bertz CT molecular complexity index is 611. The third-order valence-corrected chi connectivity index (χ3v) is 4.91. The molecule has 2 N–H and O–H groups in total. The topological polar surface area (TPSA) is 49.6 Å². The molecule has 5 heteroatoms. The van der Waals surface area contributed by atoms with Gasteiger partial charge in [0.05, 0.1) is 4.88 Å². The lowest BCUT2D eigenvalue weighted by Gasteiger charge is -2.35. The van der Waals surface area contributed by atoms with Gasteiger partial charge in [-0.15, -0.1) is 11.3 Å². The van der Waals surface area contributed by atoms with Gasteiger partial charge in [-0.2, -0.15) is 0 Å². The quantitative estimate of drug-likeness (QED) is 0.927. The molecule has 1 aromatic carbocycles. The molecule has 21 heavy (non-hydrogen) atoms. The molecule has 1 aromatic heterocycles. The Morgan fingerprint density at radius 3 is 2.38 bits per heavy atom. The largest absolute Gasteiger partial charge is 0.398 e. The number of carbonyl (C=O) groups is 1. The average molecular weight is 301 g/mol. The van der Waals surface area contributed by atoms with Crippen LogP contribution in [0.2, 0.25) is 0 Å². The zero-order valence-corrected chi connectivity index (χ0v) is 12.9. The Balaban J connectivity index is 1.64. The monoisotopic (exact) mass is 301 g/mol. The molecule has 1 aliphatic rings. The zero-order chi connectivity index (χ0) is 14.8. The molecular weight excluding hydrogens is 282 g/mol. The van der Waals surface area contributed by atoms with Crippen LogP contribution in [0.15, 0.2) is 36.4 Å². The normalized spacial score (nSPS) is 15.3. The summed E-state index contributed by atoms with van der Waals surface area (Å²) in [7, 11) is 0. The van der Waals surface area contributed by atoms with Crippen LogP contribution in [0.25, 0.3) is 0 Å². The first-order chi connectivity index (χ1) is 10.1. The second-order valence-electron chi connectivity index (χ2n) is 5.24. The van der Waals surface area contributed by atoms with Crippen LogP contribution >= 0.6 is 11.3 Å². The van der Waals surface area contributed by atoms with Crippen molar-refractivity contribution in [1.82, 2.24) is 4.90 Å². The first kappa shape index (κ1) is 13.9. The van der Waals surface area contributed by atoms with Crippen molar-refractivity contribution in [3.8, 4) is 0 Å². The molecule has 1 fully saturated rings. The van der Waals surface area contributed by atoms with E-state index in [0.717, 1.165) is 35.9 Å². The summed E-state index contributed by atoms with van der Waals surface area (Å²) in [5, 5.41) is 0. The van der Waals surface area contributed by atoms with Crippen molar-refractivity contribution in [2.75, 3.05) is 36.8 Å². The molecule has 0 bridgehead atoms. The number of carbonyl (C=O) groups excluding carboxylic acids is 1. The van der Waals surface area contributed by atoms with Crippen molar-refractivity contribution >= 4 is 28.6 Å². The molecule has 1 aliphatic heterocycles. The fourth-order valence-electron chi connectivity index (χ4n) is 2.56. The Hall–Kier alpha value is -2.01. The summed E-state index contributed by atoms with van der Waals surface area (Å²) < 4.78 is 0. The van der Waals surface area contributed by atoms with E-state index in [9.17, 15) is 4.79 Å². The van der Waals surface area contributed by atoms with Gasteiger partial charge in [-0.05, 0) is 25.1 Å². The Morgan fingerprint density at radius 2 is 1.81 bits per heavy atom. The molecule has 4 nitrogen and oxygen atoms in total. The number of rotatable bonds is 2. The molecule has 0 spiro atoms. The van der Waals surface area contributed by atoms with Gasteiger partial charge in [0.15, 0.2) is 0 Å². The molecule has 0 atom stereocenters. The average Bonchev–Trinajstić information content (AvgIpc) is 2.87. The number of nitrogen functional groups attached to an aromatic ring is 1. The van der Waals surface area contributed by atoms with Gasteiger partial charge in [-0.1, -0.05) is 18.2 Å². The second-order valence-corrected chi connectivity index (χ2v) is 6.49. The molecule has 0 aliphatic carbocycles. The molecule has 1 saturated heterocycles. The number of amides is 1. The van der Waals surface area contributed by atoms with Gasteiger partial charge in [-0.25, -0.2) is 0 Å². The molecule has 0 radical (unpaired) electrons. The SMILES string of the molecule is Cc1sc(C(=O)N2CCN(c3ccccc3)CC2)cc1N. The number of nitrogens with zero attached hydrogens (tertiary/aromatic N) is 2. The highest BCUT2D eigenvalue weighted by molar-refractivity contribution is 7.14. The summed E-state index contributed by atoms with van der Waals surface area (Å²) in [6, 6.07) is 12.1. The Kier molecular flexibility index (Phi) is 3.84. The number of thiophene rings is 1. The van der Waals surface area contributed by atoms with Crippen LogP contribution in [0.4, 0.5) is 11.4 Å². The van der Waals surface area contributed by atoms with E-state index in [1.54, 1.807) is 6.07 Å². The third-order valence-electron chi connectivity index (χ3n) is 3.86. The van der Waals surface area contributed by atoms with Crippen molar-refractivity contribution in [2.24, 2.45) is 0 Å². The second kappa shape index (κ2) is 5.77. The highest BCUT2D eigenvalue weighted by atomic mass is 32.1. The Morgan fingerprint density at radius 1 is 1.14 bits per heavy atom. The number of hydrogen-bond donors (Lipinski definition) is 1. The lowest BCUT2D eigenvalue weighted by molar-refractivity contribution is 0.0751. The van der Waals surface area contributed by atoms with Gasteiger partial charge in [0.25, 0.3) is 5.91 Å². The van der Waals surface area contributed by atoms with Crippen molar-refractivity contribution in [3.05, 3.63) is 46.2 Å². The van der Waals surface area contributed by atoms with Gasteiger partial charge in [0.2, 0.25) is 0 Å². The van der Waals surface area contributed by atoms with E-state index in [-0.39, 0.29) is 5.91 Å². The van der Waals surface area contributed by atoms with Crippen LogP contribution in [0.5, 0.6) is 0 Å². The highest BCUT2D eigenvalue weighted by Crippen LogP contribution is 2.25. The number of anilines is 2. The van der Waals surface area contributed by atoms with Crippen molar-refractivity contribution in [1.29, 1.82) is 0 Å². The van der Waals surface area contributed by atoms with Gasteiger partial charge in [0.1, 0.15) is 0 Å². The number of benzene rings is 1. The smallest absolute Gasteiger partial charge is 0.264 e. The summed E-state index contributed by atoms with van der Waals surface area (Å²) in [6.07, 6.45) is 0. The first-order valence-electron chi connectivity index (χ1n) is 7.10. The number of hydrogen-bond acceptors (Lipinski definition) is 4. The maximum absolute atomic E-state index is 12.5. The maximum atomic E-state index is 12.5. The van der Waals surface area contributed by atoms with E-state index in [2.05, 4.69) is 17.0 Å². The summed E-state index contributed by atoms with van der Waals surface area (Å²) in [5.41, 5.74) is 7.77. The van der Waals surface area contributed by atoms with Gasteiger partial charge >= 0.3 is 0 Å². The predicted molar refractivity (Wildman–Crippen MR) is 88.0 cm³/mol. The fourth-order valence-corrected chi connectivity index (χ4v) is 3.47. The molecule has 0 unspecified atom stereocenters. The van der Waals surface area contributed by atoms with Gasteiger partial charge in [-0.3, -0.25) is 4.79 Å². The number of para-hydroxylation sites is 1. The first-order valence-corrected chi connectivity index (χ1v) is 7.92. The predicted octanol–water partition coefficient (Wildman–Crippen LogP) is 2.60. The lowest BCUT2D eigenvalue weighted by Crippen LogP contribution is -2.48. The van der Waals surface area contributed by atoms with Crippen LogP contribution in [-0.4, -0.2) is 37.0 Å². The minimum Gasteiger partial charge on any atom is -0.398 e.